The summed E-state index contributed by atoms with van der Waals surface area (Å²) < 4.78 is 8.15. The molecule has 0 bridgehead atoms. The number of rotatable bonds is 3. The van der Waals surface area contributed by atoms with Gasteiger partial charge in [0.15, 0.2) is 5.65 Å². The van der Waals surface area contributed by atoms with Crippen molar-refractivity contribution in [3.63, 3.8) is 0 Å². The average Bonchev–Trinajstić information content (AvgIpc) is 2.82. The van der Waals surface area contributed by atoms with Crippen molar-refractivity contribution in [1.82, 2.24) is 14.6 Å². The third kappa shape index (κ3) is 2.47. The molecule has 0 radical (unpaired) electrons. The van der Waals surface area contributed by atoms with E-state index in [1.54, 1.807) is 6.20 Å². The van der Waals surface area contributed by atoms with Crippen LogP contribution in [0.15, 0.2) is 22.9 Å². The second-order valence-corrected chi connectivity index (χ2v) is 5.48. The molecule has 102 valence electrons. The maximum absolute atomic E-state index is 5.44. The summed E-state index contributed by atoms with van der Waals surface area (Å²) in [6.07, 6.45) is 3.91. The van der Waals surface area contributed by atoms with Gasteiger partial charge in [-0.25, -0.2) is 9.50 Å². The minimum atomic E-state index is 0.519. The van der Waals surface area contributed by atoms with Crippen LogP contribution in [0.25, 0.3) is 5.65 Å². The van der Waals surface area contributed by atoms with Crippen LogP contribution in [0.3, 0.4) is 0 Å². The Bertz CT molecular complexity index is 565. The van der Waals surface area contributed by atoms with Gasteiger partial charge in [0, 0.05) is 25.8 Å². The number of aromatic nitrogens is 3. The number of hydrogen-bond donors (Lipinski definition) is 0. The van der Waals surface area contributed by atoms with E-state index < -0.39 is 0 Å². The molecule has 0 amide bonds. The van der Waals surface area contributed by atoms with Gasteiger partial charge in [-0.05, 0) is 47.8 Å². The number of imidazole rings is 1. The van der Waals surface area contributed by atoms with Crippen LogP contribution in [0.2, 0.25) is 0 Å². The predicted octanol–water partition coefficient (Wildman–Crippen LogP) is 2.50. The number of hydrogen-bond acceptors (Lipinski definition) is 4. The summed E-state index contributed by atoms with van der Waals surface area (Å²) in [5.41, 5.74) is 0.860. The summed E-state index contributed by atoms with van der Waals surface area (Å²) in [7, 11) is 0. The Kier molecular flexibility index (Phi) is 3.70. The summed E-state index contributed by atoms with van der Waals surface area (Å²) in [6.45, 7) is 4.82. The zero-order valence-corrected chi connectivity index (χ0v) is 12.5. The highest BCUT2D eigenvalue weighted by molar-refractivity contribution is 9.10. The predicted molar refractivity (Wildman–Crippen MR) is 77.5 cm³/mol. The Labute approximate surface area is 120 Å². The van der Waals surface area contributed by atoms with Crippen molar-refractivity contribution >= 4 is 27.4 Å². The number of halogens is 1. The van der Waals surface area contributed by atoms with Gasteiger partial charge in [-0.1, -0.05) is 0 Å². The third-order valence-electron chi connectivity index (χ3n) is 3.57. The van der Waals surface area contributed by atoms with Crippen LogP contribution < -0.4 is 4.90 Å². The fraction of sp³-hybridized carbons (Fsp3) is 0.538. The normalized spacial score (nSPS) is 16.9. The number of nitrogens with zero attached hydrogens (tertiary/aromatic N) is 4. The molecule has 0 N–H and O–H groups in total. The van der Waals surface area contributed by atoms with Crippen molar-refractivity contribution in [1.29, 1.82) is 0 Å². The molecule has 0 spiro atoms. The lowest BCUT2D eigenvalue weighted by Crippen LogP contribution is -2.40. The van der Waals surface area contributed by atoms with Crippen LogP contribution in [-0.4, -0.2) is 40.4 Å². The van der Waals surface area contributed by atoms with E-state index in [1.165, 1.54) is 0 Å². The van der Waals surface area contributed by atoms with E-state index in [0.717, 1.165) is 48.7 Å². The quantitative estimate of drug-likeness (QED) is 0.870. The summed E-state index contributed by atoms with van der Waals surface area (Å²) in [5, 5.41) is 4.67. The third-order valence-corrected chi connectivity index (χ3v) is 4.11. The maximum Gasteiger partial charge on any atom is 0.154 e. The molecule has 0 aliphatic carbocycles. The molecule has 1 fully saturated rings. The van der Waals surface area contributed by atoms with E-state index in [0.29, 0.717) is 6.04 Å². The molecule has 5 nitrogen and oxygen atoms in total. The van der Waals surface area contributed by atoms with Crippen molar-refractivity contribution in [2.24, 2.45) is 0 Å². The Morgan fingerprint density at radius 2 is 2.21 bits per heavy atom. The minimum Gasteiger partial charge on any atom is -0.381 e. The van der Waals surface area contributed by atoms with Crippen molar-refractivity contribution in [3.05, 3.63) is 22.9 Å². The topological polar surface area (TPSA) is 42.7 Å². The van der Waals surface area contributed by atoms with Crippen molar-refractivity contribution in [2.75, 3.05) is 24.7 Å². The largest absolute Gasteiger partial charge is 0.381 e. The van der Waals surface area contributed by atoms with Gasteiger partial charge in [0.1, 0.15) is 10.4 Å². The molecule has 1 aliphatic heterocycles. The lowest BCUT2D eigenvalue weighted by atomic mass is 10.1. The smallest absolute Gasteiger partial charge is 0.154 e. The van der Waals surface area contributed by atoms with Crippen molar-refractivity contribution in [3.8, 4) is 0 Å². The van der Waals surface area contributed by atoms with Gasteiger partial charge in [-0.3, -0.25) is 0 Å². The van der Waals surface area contributed by atoms with Crippen LogP contribution in [0.4, 0.5) is 5.82 Å². The lowest BCUT2D eigenvalue weighted by Gasteiger charge is -2.34. The highest BCUT2D eigenvalue weighted by atomic mass is 79.9. The SMILES string of the molecule is CCN(c1ccc2ncc(Br)n2n1)C1CCOCC1. The average molecular weight is 325 g/mol. The second-order valence-electron chi connectivity index (χ2n) is 4.67. The first-order valence-corrected chi connectivity index (χ1v) is 7.43. The Hall–Kier alpha value is -1.14. The van der Waals surface area contributed by atoms with Crippen LogP contribution in [-0.2, 0) is 4.74 Å². The van der Waals surface area contributed by atoms with Gasteiger partial charge in [-0.2, -0.15) is 0 Å². The summed E-state index contributed by atoms with van der Waals surface area (Å²) in [5.74, 6) is 1.00. The van der Waals surface area contributed by atoms with Gasteiger partial charge in [0.25, 0.3) is 0 Å². The Morgan fingerprint density at radius 3 is 2.95 bits per heavy atom. The highest BCUT2D eigenvalue weighted by Gasteiger charge is 2.22. The molecule has 3 rings (SSSR count). The van der Waals surface area contributed by atoms with E-state index in [2.05, 4.69) is 37.8 Å². The number of ether oxygens (including phenoxy) is 1. The molecule has 6 heteroatoms. The van der Waals surface area contributed by atoms with E-state index >= 15 is 0 Å². The zero-order valence-electron chi connectivity index (χ0n) is 10.9. The fourth-order valence-electron chi connectivity index (χ4n) is 2.59. The van der Waals surface area contributed by atoms with E-state index in [4.69, 9.17) is 4.74 Å². The van der Waals surface area contributed by atoms with Crippen molar-refractivity contribution < 1.29 is 4.74 Å². The first-order valence-electron chi connectivity index (χ1n) is 6.64. The summed E-state index contributed by atoms with van der Waals surface area (Å²) >= 11 is 3.47. The second kappa shape index (κ2) is 5.46. The van der Waals surface area contributed by atoms with Crippen LogP contribution in [0.5, 0.6) is 0 Å². The van der Waals surface area contributed by atoms with Gasteiger partial charge in [0.05, 0.1) is 6.20 Å². The summed E-state index contributed by atoms with van der Waals surface area (Å²) in [6, 6.07) is 4.58. The monoisotopic (exact) mass is 324 g/mol. The van der Waals surface area contributed by atoms with E-state index in [1.807, 2.05) is 16.6 Å². The van der Waals surface area contributed by atoms with Gasteiger partial charge in [-0.15, -0.1) is 5.10 Å². The fourth-order valence-corrected chi connectivity index (χ4v) is 2.96. The molecular weight excluding hydrogens is 308 g/mol. The summed E-state index contributed by atoms with van der Waals surface area (Å²) in [4.78, 5) is 6.63. The number of anilines is 1. The molecule has 3 heterocycles. The van der Waals surface area contributed by atoms with Gasteiger partial charge in [0.2, 0.25) is 0 Å². The Morgan fingerprint density at radius 1 is 1.42 bits per heavy atom. The van der Waals surface area contributed by atoms with E-state index in [-0.39, 0.29) is 0 Å². The van der Waals surface area contributed by atoms with Gasteiger partial charge < -0.3 is 9.64 Å². The standard InChI is InChI=1S/C13H17BrN4O/c1-2-17(10-5-7-19-8-6-10)13-4-3-12-15-9-11(14)18(12)16-13/h3-4,9-10H,2,5-8H2,1H3. The molecule has 1 saturated heterocycles. The molecule has 19 heavy (non-hydrogen) atoms. The minimum absolute atomic E-state index is 0.519. The van der Waals surface area contributed by atoms with Crippen molar-refractivity contribution in [2.45, 2.75) is 25.8 Å². The Balaban J connectivity index is 1.93. The molecule has 2 aromatic rings. The van der Waals surface area contributed by atoms with Crippen LogP contribution >= 0.6 is 15.9 Å². The van der Waals surface area contributed by atoms with Crippen LogP contribution in [0.1, 0.15) is 19.8 Å². The molecule has 1 aliphatic rings. The first kappa shape index (κ1) is 12.9. The highest BCUT2D eigenvalue weighted by Crippen LogP contribution is 2.22. The van der Waals surface area contributed by atoms with Crippen LogP contribution in [0, 0.1) is 0 Å². The van der Waals surface area contributed by atoms with Gasteiger partial charge >= 0.3 is 0 Å². The molecule has 0 atom stereocenters. The molecule has 0 aromatic carbocycles. The van der Waals surface area contributed by atoms with E-state index in [9.17, 15) is 0 Å². The molecule has 0 unspecified atom stereocenters. The first-order chi connectivity index (χ1) is 9.29. The lowest BCUT2D eigenvalue weighted by molar-refractivity contribution is 0.0844. The number of fused-ring (bicyclic) bond motifs is 1. The molecule has 2 aromatic heterocycles. The maximum atomic E-state index is 5.44. The molecule has 0 saturated carbocycles. The zero-order chi connectivity index (χ0) is 13.2. The molecular formula is C13H17BrN4O.